The third-order valence-corrected chi connectivity index (χ3v) is 10.4. The lowest BCUT2D eigenvalue weighted by atomic mass is 9.58. The molecule has 1 N–H and O–H groups in total. The number of nitrogens with zero attached hydrogens (tertiary/aromatic N) is 2. The third-order valence-electron chi connectivity index (χ3n) is 10.4. The molecule has 3 nitrogen and oxygen atoms in total. The molecule has 0 fully saturated rings. The van der Waals surface area contributed by atoms with E-state index in [9.17, 15) is 0 Å². The van der Waals surface area contributed by atoms with Crippen LogP contribution in [-0.4, -0.2) is 12.3 Å². The highest BCUT2D eigenvalue weighted by molar-refractivity contribution is 6.73. The van der Waals surface area contributed by atoms with Crippen LogP contribution in [0, 0.1) is 0 Å². The van der Waals surface area contributed by atoms with E-state index in [1.165, 1.54) is 60.8 Å². The minimum absolute atomic E-state index is 0.792. The van der Waals surface area contributed by atoms with Crippen molar-refractivity contribution in [2.45, 2.75) is 0 Å². The smallest absolute Gasteiger partial charge is 0.198 e. The maximum absolute atomic E-state index is 3.81. The van der Waals surface area contributed by atoms with Crippen LogP contribution in [0.5, 0.6) is 0 Å². The van der Waals surface area contributed by atoms with Crippen molar-refractivity contribution in [2.24, 2.45) is 0 Å². The summed E-state index contributed by atoms with van der Waals surface area (Å²) < 4.78 is 0. The highest BCUT2D eigenvalue weighted by atomic mass is 15.2. The van der Waals surface area contributed by atoms with Crippen LogP contribution in [-0.2, 0) is 0 Å². The molecule has 0 radical (unpaired) electrons. The summed E-state index contributed by atoms with van der Waals surface area (Å²) in [6.07, 6.45) is 0. The molecular weight excluding hydrogens is 629 g/mol. The summed E-state index contributed by atoms with van der Waals surface area (Å²) in [7, 11) is 0.792. The van der Waals surface area contributed by atoms with Crippen molar-refractivity contribution < 1.29 is 0 Å². The fraction of sp³-hybridized carbons (Fsp3) is 0. The third kappa shape index (κ3) is 5.08. The molecule has 52 heavy (non-hydrogen) atoms. The predicted molar refractivity (Wildman–Crippen MR) is 222 cm³/mol. The van der Waals surface area contributed by atoms with E-state index in [0.717, 1.165) is 35.5 Å². The number of anilines is 6. The maximum Gasteiger partial charge on any atom is 0.198 e. The highest BCUT2D eigenvalue weighted by Crippen LogP contribution is 2.43. The first kappa shape index (κ1) is 30.1. The van der Waals surface area contributed by atoms with Crippen LogP contribution < -0.4 is 20.7 Å². The van der Waals surface area contributed by atoms with Gasteiger partial charge in [-0.1, -0.05) is 127 Å². The average molecular weight is 664 g/mol. The Hall–Kier alpha value is -6.78. The summed E-state index contributed by atoms with van der Waals surface area (Å²) in [5, 5.41) is 2.49. The van der Waals surface area contributed by atoms with E-state index in [1.54, 1.807) is 0 Å². The van der Waals surface area contributed by atoms with Gasteiger partial charge in [0.2, 0.25) is 0 Å². The molecule has 0 saturated carbocycles. The SMILES string of the molecule is B1c2cc(N(c3ccccc3)c3ccccc3)ccc2N(c2ccccc2)c2cc(-c3ccccc3)cc(-c3cccc4c3[nH]c3ccccc34)c21. The van der Waals surface area contributed by atoms with Crippen LogP contribution in [0.15, 0.2) is 194 Å². The Morgan fingerprint density at radius 2 is 1.08 bits per heavy atom. The monoisotopic (exact) mass is 663 g/mol. The van der Waals surface area contributed by atoms with Gasteiger partial charge in [-0.15, -0.1) is 0 Å². The normalized spacial score (nSPS) is 12.0. The Kier molecular flexibility index (Phi) is 7.25. The molecule has 0 amide bonds. The second-order valence-electron chi connectivity index (χ2n) is 13.5. The number of para-hydroxylation sites is 5. The van der Waals surface area contributed by atoms with E-state index in [-0.39, 0.29) is 0 Å². The number of H-pyrrole nitrogens is 1. The van der Waals surface area contributed by atoms with E-state index in [1.807, 2.05) is 0 Å². The van der Waals surface area contributed by atoms with Crippen LogP contribution in [0.4, 0.5) is 34.1 Å². The zero-order chi connectivity index (χ0) is 34.4. The summed E-state index contributed by atoms with van der Waals surface area (Å²) >= 11 is 0. The zero-order valence-electron chi connectivity index (χ0n) is 28.6. The second kappa shape index (κ2) is 12.5. The molecule has 0 saturated heterocycles. The van der Waals surface area contributed by atoms with Crippen molar-refractivity contribution in [3.05, 3.63) is 194 Å². The number of rotatable bonds is 6. The van der Waals surface area contributed by atoms with E-state index >= 15 is 0 Å². The molecular formula is C48H34BN3. The van der Waals surface area contributed by atoms with Crippen LogP contribution in [0.1, 0.15) is 0 Å². The van der Waals surface area contributed by atoms with Gasteiger partial charge < -0.3 is 14.8 Å². The molecule has 10 rings (SSSR count). The fourth-order valence-corrected chi connectivity index (χ4v) is 8.02. The van der Waals surface area contributed by atoms with Crippen LogP contribution in [0.2, 0.25) is 0 Å². The number of benzene rings is 8. The van der Waals surface area contributed by atoms with E-state index in [4.69, 9.17) is 0 Å². The molecule has 9 aromatic rings. The van der Waals surface area contributed by atoms with E-state index < -0.39 is 0 Å². The van der Waals surface area contributed by atoms with E-state index in [2.05, 4.69) is 209 Å². The van der Waals surface area contributed by atoms with Crippen molar-refractivity contribution in [3.63, 3.8) is 0 Å². The average Bonchev–Trinajstić information content (AvgIpc) is 3.60. The van der Waals surface area contributed by atoms with E-state index in [0.29, 0.717) is 0 Å². The number of aromatic nitrogens is 1. The second-order valence-corrected chi connectivity index (χ2v) is 13.5. The molecule has 1 aliphatic rings. The molecule has 4 heteroatoms. The quantitative estimate of drug-likeness (QED) is 0.179. The number of nitrogens with one attached hydrogen (secondary N) is 1. The van der Waals surface area contributed by atoms with Gasteiger partial charge in [0.15, 0.2) is 7.28 Å². The summed E-state index contributed by atoms with van der Waals surface area (Å²) in [4.78, 5) is 8.63. The first-order valence-electron chi connectivity index (χ1n) is 17.9. The molecule has 8 aromatic carbocycles. The molecule has 0 atom stereocenters. The topological polar surface area (TPSA) is 22.3 Å². The molecule has 0 spiro atoms. The van der Waals surface area contributed by atoms with Gasteiger partial charge in [0.1, 0.15) is 0 Å². The Morgan fingerprint density at radius 1 is 0.442 bits per heavy atom. The minimum atomic E-state index is 0.792. The Balaban J connectivity index is 1.24. The molecule has 2 heterocycles. The standard InChI is InChI=1S/C48H34BN3/c1-5-16-33(17-6-1)34-30-42(41-26-15-25-40-39-24-13-14-27-44(39)50-48(40)41)47-46(31-34)52(37-22-11-4-12-23-37)45-29-28-38(32-43(45)49-47)51(35-18-7-2-8-19-35)36-20-9-3-10-21-36/h1-32,49-50H. The van der Waals surface area contributed by atoms with Gasteiger partial charge in [-0.2, -0.15) is 0 Å². The number of aromatic amines is 1. The number of hydrogen-bond donors (Lipinski definition) is 1. The first-order chi connectivity index (χ1) is 25.8. The van der Waals surface area contributed by atoms with Gasteiger partial charge in [0.05, 0.1) is 5.52 Å². The van der Waals surface area contributed by atoms with Crippen molar-refractivity contribution in [1.29, 1.82) is 0 Å². The molecule has 0 aliphatic carbocycles. The molecule has 1 aromatic heterocycles. The van der Waals surface area contributed by atoms with Crippen molar-refractivity contribution in [3.8, 4) is 22.3 Å². The fourth-order valence-electron chi connectivity index (χ4n) is 8.02. The largest absolute Gasteiger partial charge is 0.354 e. The van der Waals surface area contributed by atoms with Gasteiger partial charge in [-0.05, 0) is 94.9 Å². The van der Waals surface area contributed by atoms with Crippen molar-refractivity contribution in [1.82, 2.24) is 4.98 Å². The van der Waals surface area contributed by atoms with Crippen molar-refractivity contribution >= 4 is 74.1 Å². The molecule has 244 valence electrons. The Bertz CT molecular complexity index is 2670. The lowest BCUT2D eigenvalue weighted by molar-refractivity contribution is 1.26. The summed E-state index contributed by atoms with van der Waals surface area (Å²) in [6.45, 7) is 0. The van der Waals surface area contributed by atoms with Crippen LogP contribution in [0.25, 0.3) is 44.1 Å². The van der Waals surface area contributed by atoms with Gasteiger partial charge in [0, 0.05) is 56.0 Å². The van der Waals surface area contributed by atoms with Crippen molar-refractivity contribution in [2.75, 3.05) is 9.80 Å². The molecule has 0 unspecified atom stereocenters. The predicted octanol–water partition coefficient (Wildman–Crippen LogP) is 11.3. The summed E-state index contributed by atoms with van der Waals surface area (Å²) in [5.41, 5.74) is 16.7. The van der Waals surface area contributed by atoms with Gasteiger partial charge in [0.25, 0.3) is 0 Å². The summed E-state index contributed by atoms with van der Waals surface area (Å²) in [6, 6.07) is 70.1. The van der Waals surface area contributed by atoms with Crippen LogP contribution in [0.3, 0.4) is 0 Å². The molecule has 0 bridgehead atoms. The van der Waals surface area contributed by atoms with Crippen LogP contribution >= 0.6 is 0 Å². The first-order valence-corrected chi connectivity index (χ1v) is 17.9. The lowest BCUT2D eigenvalue weighted by Gasteiger charge is -2.36. The Morgan fingerprint density at radius 3 is 1.81 bits per heavy atom. The van der Waals surface area contributed by atoms with Gasteiger partial charge in [-0.25, -0.2) is 0 Å². The maximum atomic E-state index is 3.81. The number of fused-ring (bicyclic) bond motifs is 5. The lowest BCUT2D eigenvalue weighted by Crippen LogP contribution is -2.41. The highest BCUT2D eigenvalue weighted by Gasteiger charge is 2.30. The van der Waals surface area contributed by atoms with Gasteiger partial charge in [-0.3, -0.25) is 0 Å². The molecule has 1 aliphatic heterocycles. The van der Waals surface area contributed by atoms with Gasteiger partial charge >= 0.3 is 0 Å². The number of hydrogen-bond acceptors (Lipinski definition) is 2. The Labute approximate surface area is 304 Å². The summed E-state index contributed by atoms with van der Waals surface area (Å²) in [5.74, 6) is 0. The zero-order valence-corrected chi connectivity index (χ0v) is 28.6. The minimum Gasteiger partial charge on any atom is -0.354 e.